The zero-order valence-electron chi connectivity index (χ0n) is 12.4. The molecule has 0 radical (unpaired) electrons. The third kappa shape index (κ3) is 3.48. The maximum atomic E-state index is 12.2. The molecular formula is C15H23N3O2. The first-order chi connectivity index (χ1) is 9.63. The summed E-state index contributed by atoms with van der Waals surface area (Å²) in [5, 5.41) is 5.97. The predicted molar refractivity (Wildman–Crippen MR) is 79.0 cm³/mol. The van der Waals surface area contributed by atoms with Crippen LogP contribution in [0.4, 0.5) is 5.82 Å². The number of anilines is 1. The molecule has 1 amide bonds. The van der Waals surface area contributed by atoms with Crippen LogP contribution in [0.25, 0.3) is 0 Å². The molecule has 2 atom stereocenters. The first-order valence-electron chi connectivity index (χ1n) is 7.20. The van der Waals surface area contributed by atoms with E-state index < -0.39 is 0 Å². The summed E-state index contributed by atoms with van der Waals surface area (Å²) in [4.78, 5) is 16.5. The molecule has 0 spiro atoms. The molecule has 1 saturated heterocycles. The lowest BCUT2D eigenvalue weighted by atomic mass is 9.99. The van der Waals surface area contributed by atoms with E-state index in [-0.39, 0.29) is 12.0 Å². The Morgan fingerprint density at radius 1 is 1.50 bits per heavy atom. The van der Waals surface area contributed by atoms with Crippen LogP contribution in [0.15, 0.2) is 12.1 Å². The first-order valence-corrected chi connectivity index (χ1v) is 7.20. The highest BCUT2D eigenvalue weighted by Crippen LogP contribution is 2.22. The van der Waals surface area contributed by atoms with E-state index in [9.17, 15) is 4.79 Å². The van der Waals surface area contributed by atoms with Gasteiger partial charge >= 0.3 is 0 Å². The smallest absolute Gasteiger partial charge is 0.251 e. The van der Waals surface area contributed by atoms with Crippen LogP contribution < -0.4 is 10.6 Å². The summed E-state index contributed by atoms with van der Waals surface area (Å²) >= 11 is 0. The van der Waals surface area contributed by atoms with Crippen molar-refractivity contribution in [3.63, 3.8) is 0 Å². The van der Waals surface area contributed by atoms with E-state index in [2.05, 4.69) is 22.5 Å². The van der Waals surface area contributed by atoms with Crippen molar-refractivity contribution in [1.29, 1.82) is 0 Å². The van der Waals surface area contributed by atoms with E-state index in [1.165, 1.54) is 0 Å². The molecule has 2 rings (SSSR count). The normalized spacial score (nSPS) is 21.8. The lowest BCUT2D eigenvalue weighted by molar-refractivity contribution is 0.0827. The molecule has 1 aromatic rings. The number of aromatic nitrogens is 1. The summed E-state index contributed by atoms with van der Waals surface area (Å²) in [5.41, 5.74) is 1.48. The molecule has 0 saturated carbocycles. The molecule has 1 aliphatic heterocycles. The Balaban J connectivity index is 1.96. The van der Waals surface area contributed by atoms with E-state index in [0.717, 1.165) is 25.1 Å². The lowest BCUT2D eigenvalue weighted by Crippen LogP contribution is -2.32. The molecule has 5 nitrogen and oxygen atoms in total. The minimum Gasteiger partial charge on any atom is -0.378 e. The second-order valence-electron chi connectivity index (χ2n) is 5.21. The van der Waals surface area contributed by atoms with Crippen LogP contribution in [0.2, 0.25) is 0 Å². The van der Waals surface area contributed by atoms with Gasteiger partial charge in [-0.1, -0.05) is 6.92 Å². The highest BCUT2D eigenvalue weighted by molar-refractivity contribution is 5.95. The van der Waals surface area contributed by atoms with E-state index >= 15 is 0 Å². The van der Waals surface area contributed by atoms with Crippen molar-refractivity contribution in [3.8, 4) is 0 Å². The fraction of sp³-hybridized carbons (Fsp3) is 0.600. The Labute approximate surface area is 120 Å². The molecule has 2 unspecified atom stereocenters. The number of hydrogen-bond acceptors (Lipinski definition) is 4. The van der Waals surface area contributed by atoms with Gasteiger partial charge in [-0.3, -0.25) is 4.79 Å². The molecule has 2 N–H and O–H groups in total. The second-order valence-corrected chi connectivity index (χ2v) is 5.21. The Kier molecular flexibility index (Phi) is 4.95. The van der Waals surface area contributed by atoms with Gasteiger partial charge in [0, 0.05) is 37.4 Å². The second kappa shape index (κ2) is 6.70. The summed E-state index contributed by atoms with van der Waals surface area (Å²) in [5.74, 6) is 1.09. The van der Waals surface area contributed by atoms with Crippen molar-refractivity contribution < 1.29 is 9.53 Å². The number of carbonyl (C=O) groups is 1. The van der Waals surface area contributed by atoms with Gasteiger partial charge in [-0.2, -0.15) is 0 Å². The Morgan fingerprint density at radius 3 is 3.00 bits per heavy atom. The SMILES string of the molecule is CCC1OCCC1CNC(=O)c1cc(C)nc(NC)c1. The van der Waals surface area contributed by atoms with Crippen molar-refractivity contribution in [3.05, 3.63) is 23.4 Å². The average molecular weight is 277 g/mol. The van der Waals surface area contributed by atoms with Crippen LogP contribution in [0.1, 0.15) is 35.8 Å². The molecule has 5 heteroatoms. The van der Waals surface area contributed by atoms with Gasteiger partial charge in [0.2, 0.25) is 0 Å². The maximum absolute atomic E-state index is 12.2. The number of ether oxygens (including phenoxy) is 1. The van der Waals surface area contributed by atoms with Gasteiger partial charge in [-0.25, -0.2) is 4.98 Å². The van der Waals surface area contributed by atoms with Crippen LogP contribution in [0.3, 0.4) is 0 Å². The Bertz CT molecular complexity index is 476. The molecule has 1 fully saturated rings. The Morgan fingerprint density at radius 2 is 2.30 bits per heavy atom. The minimum absolute atomic E-state index is 0.0475. The number of rotatable bonds is 5. The van der Waals surface area contributed by atoms with E-state index in [1.54, 1.807) is 19.2 Å². The van der Waals surface area contributed by atoms with Crippen LogP contribution in [0.5, 0.6) is 0 Å². The standard InChI is InChI=1S/C15H23N3O2/c1-4-13-11(5-6-20-13)9-17-15(19)12-7-10(2)18-14(8-12)16-3/h7-8,11,13H,4-6,9H2,1-3H3,(H,16,18)(H,17,19). The molecule has 110 valence electrons. The molecule has 0 bridgehead atoms. The molecular weight excluding hydrogens is 254 g/mol. The van der Waals surface area contributed by atoms with Crippen LogP contribution in [0, 0.1) is 12.8 Å². The van der Waals surface area contributed by atoms with Crippen molar-refractivity contribution in [1.82, 2.24) is 10.3 Å². The van der Waals surface area contributed by atoms with Gasteiger partial charge in [0.15, 0.2) is 0 Å². The highest BCUT2D eigenvalue weighted by atomic mass is 16.5. The molecule has 20 heavy (non-hydrogen) atoms. The van der Waals surface area contributed by atoms with E-state index in [1.807, 2.05) is 6.92 Å². The summed E-state index contributed by atoms with van der Waals surface area (Å²) < 4.78 is 5.64. The number of nitrogens with zero attached hydrogens (tertiary/aromatic N) is 1. The number of amides is 1. The van der Waals surface area contributed by atoms with Crippen molar-refractivity contribution in [2.24, 2.45) is 5.92 Å². The fourth-order valence-electron chi connectivity index (χ4n) is 2.63. The largest absolute Gasteiger partial charge is 0.378 e. The fourth-order valence-corrected chi connectivity index (χ4v) is 2.63. The van der Waals surface area contributed by atoms with Gasteiger partial charge < -0.3 is 15.4 Å². The first kappa shape index (κ1) is 14.8. The third-order valence-electron chi connectivity index (χ3n) is 3.75. The van der Waals surface area contributed by atoms with Crippen LogP contribution in [-0.4, -0.2) is 37.2 Å². The van der Waals surface area contributed by atoms with Crippen molar-refractivity contribution in [2.45, 2.75) is 32.8 Å². The summed E-state index contributed by atoms with van der Waals surface area (Å²) in [6, 6.07) is 3.57. The van der Waals surface area contributed by atoms with Crippen LogP contribution >= 0.6 is 0 Å². The number of aryl methyl sites for hydroxylation is 1. The number of nitrogens with one attached hydrogen (secondary N) is 2. The summed E-state index contributed by atoms with van der Waals surface area (Å²) in [6.45, 7) is 5.48. The summed E-state index contributed by atoms with van der Waals surface area (Å²) in [7, 11) is 1.80. The predicted octanol–water partition coefficient (Wildman–Crippen LogP) is 1.98. The average Bonchev–Trinajstić information content (AvgIpc) is 2.91. The van der Waals surface area contributed by atoms with Gasteiger partial charge in [0.05, 0.1) is 6.10 Å². The van der Waals surface area contributed by atoms with Gasteiger partial charge in [-0.15, -0.1) is 0 Å². The quantitative estimate of drug-likeness (QED) is 0.864. The van der Waals surface area contributed by atoms with Gasteiger partial charge in [0.25, 0.3) is 5.91 Å². The Hall–Kier alpha value is -1.62. The monoisotopic (exact) mass is 277 g/mol. The maximum Gasteiger partial charge on any atom is 0.251 e. The highest BCUT2D eigenvalue weighted by Gasteiger charge is 2.26. The molecule has 2 heterocycles. The topological polar surface area (TPSA) is 63.2 Å². The van der Waals surface area contributed by atoms with E-state index in [4.69, 9.17) is 4.74 Å². The summed E-state index contributed by atoms with van der Waals surface area (Å²) in [6.07, 6.45) is 2.30. The third-order valence-corrected chi connectivity index (χ3v) is 3.75. The number of pyridine rings is 1. The zero-order chi connectivity index (χ0) is 14.5. The van der Waals surface area contributed by atoms with Crippen molar-refractivity contribution in [2.75, 3.05) is 25.5 Å². The van der Waals surface area contributed by atoms with Gasteiger partial charge in [0.1, 0.15) is 5.82 Å². The zero-order valence-corrected chi connectivity index (χ0v) is 12.4. The molecule has 0 aromatic carbocycles. The van der Waals surface area contributed by atoms with Gasteiger partial charge in [-0.05, 0) is 31.9 Å². The minimum atomic E-state index is -0.0475. The van der Waals surface area contributed by atoms with Crippen molar-refractivity contribution >= 4 is 11.7 Å². The van der Waals surface area contributed by atoms with E-state index in [0.29, 0.717) is 23.8 Å². The molecule has 0 aliphatic carbocycles. The molecule has 1 aromatic heterocycles. The molecule has 1 aliphatic rings. The lowest BCUT2D eigenvalue weighted by Gasteiger charge is -2.17. The van der Waals surface area contributed by atoms with Crippen LogP contribution in [-0.2, 0) is 4.74 Å². The number of carbonyl (C=O) groups excluding carboxylic acids is 1. The number of hydrogen-bond donors (Lipinski definition) is 2.